The molecule has 1 aliphatic heterocycles. The number of halogens is 3. The normalized spacial score (nSPS) is 15.8. The molecule has 0 atom stereocenters. The second-order valence-corrected chi connectivity index (χ2v) is 11.6. The molecular formula is C23H27F3N5O3P. The summed E-state index contributed by atoms with van der Waals surface area (Å²) in [6.45, 7) is 4.62. The Morgan fingerprint density at radius 1 is 1.23 bits per heavy atom. The van der Waals surface area contributed by atoms with E-state index in [1.165, 1.54) is 20.1 Å². The molecule has 2 aromatic heterocycles. The molecule has 12 heteroatoms. The lowest BCUT2D eigenvalue weighted by Gasteiger charge is -2.32. The first kappa shape index (κ1) is 24.9. The third-order valence-electron chi connectivity index (χ3n) is 6.14. The minimum absolute atomic E-state index is 0.0257. The molecule has 0 unspecified atom stereocenters. The van der Waals surface area contributed by atoms with Gasteiger partial charge in [-0.25, -0.2) is 4.98 Å². The Morgan fingerprint density at radius 2 is 1.94 bits per heavy atom. The van der Waals surface area contributed by atoms with Crippen LogP contribution in [0.1, 0.15) is 19.4 Å². The number of H-pyrrole nitrogens is 1. The van der Waals surface area contributed by atoms with Gasteiger partial charge in [0.15, 0.2) is 0 Å². The number of benzene rings is 1. The summed E-state index contributed by atoms with van der Waals surface area (Å²) in [5, 5.41) is 6.72. The third-order valence-corrected chi connectivity index (χ3v) is 9.20. The minimum atomic E-state index is -4.52. The Kier molecular flexibility index (Phi) is 6.73. The summed E-state index contributed by atoms with van der Waals surface area (Å²) in [7, 11) is -1.20. The highest BCUT2D eigenvalue weighted by Crippen LogP contribution is 2.47. The van der Waals surface area contributed by atoms with Gasteiger partial charge in [-0.2, -0.15) is 13.2 Å². The predicted octanol–water partition coefficient (Wildman–Crippen LogP) is 4.62. The van der Waals surface area contributed by atoms with Crippen molar-refractivity contribution in [3.05, 3.63) is 36.0 Å². The number of anilines is 3. The molecule has 0 saturated carbocycles. The van der Waals surface area contributed by atoms with Gasteiger partial charge in [0.05, 0.1) is 23.7 Å². The number of carbonyl (C=O) groups excluding carboxylic acids is 1. The SMILES string of the molecule is CCNc1cc(Nc2ccc(P3(=O)CCN(C(C)=O)CC3)cc2OC)nc2[nH]cc(C(F)(F)F)c12. The Bertz CT molecular complexity index is 1300. The number of ether oxygens (including phenoxy) is 1. The van der Waals surface area contributed by atoms with E-state index in [9.17, 15) is 22.5 Å². The van der Waals surface area contributed by atoms with Gasteiger partial charge in [0.25, 0.3) is 0 Å². The van der Waals surface area contributed by atoms with Gasteiger partial charge in [-0.05, 0) is 25.1 Å². The van der Waals surface area contributed by atoms with E-state index in [1.807, 2.05) is 0 Å². The van der Waals surface area contributed by atoms with Crippen LogP contribution in [0.4, 0.5) is 30.4 Å². The zero-order valence-corrected chi connectivity index (χ0v) is 20.5. The number of methoxy groups -OCH3 is 1. The van der Waals surface area contributed by atoms with E-state index < -0.39 is 18.9 Å². The van der Waals surface area contributed by atoms with Crippen molar-refractivity contribution in [1.29, 1.82) is 0 Å². The van der Waals surface area contributed by atoms with Crippen LogP contribution in [-0.4, -0.2) is 59.8 Å². The molecule has 1 saturated heterocycles. The summed E-state index contributed by atoms with van der Waals surface area (Å²) in [5.41, 5.74) is 0.133. The van der Waals surface area contributed by atoms with Crippen LogP contribution in [0.5, 0.6) is 5.75 Å². The van der Waals surface area contributed by atoms with Crippen LogP contribution < -0.4 is 20.7 Å². The zero-order valence-electron chi connectivity index (χ0n) is 19.6. The van der Waals surface area contributed by atoms with Crippen LogP contribution >= 0.6 is 7.14 Å². The molecule has 8 nitrogen and oxygen atoms in total. The van der Waals surface area contributed by atoms with Crippen molar-refractivity contribution in [2.75, 3.05) is 49.7 Å². The fraction of sp³-hybridized carbons (Fsp3) is 0.391. The van der Waals surface area contributed by atoms with E-state index in [-0.39, 0.29) is 16.9 Å². The van der Waals surface area contributed by atoms with Gasteiger partial charge in [-0.3, -0.25) is 4.79 Å². The summed E-state index contributed by atoms with van der Waals surface area (Å²) in [4.78, 5) is 20.2. The van der Waals surface area contributed by atoms with Crippen molar-refractivity contribution < 1.29 is 27.3 Å². The molecule has 1 aliphatic rings. The molecule has 0 radical (unpaired) electrons. The highest BCUT2D eigenvalue weighted by atomic mass is 31.2. The van der Waals surface area contributed by atoms with Crippen LogP contribution in [0, 0.1) is 0 Å². The molecular weight excluding hydrogens is 482 g/mol. The fourth-order valence-corrected chi connectivity index (χ4v) is 6.86. The summed E-state index contributed by atoms with van der Waals surface area (Å²) < 4.78 is 59.4. The molecule has 3 heterocycles. The van der Waals surface area contributed by atoms with Crippen molar-refractivity contribution in [1.82, 2.24) is 14.9 Å². The topological polar surface area (TPSA) is 99.3 Å². The van der Waals surface area contributed by atoms with Gasteiger partial charge in [-0.15, -0.1) is 0 Å². The van der Waals surface area contributed by atoms with Crippen molar-refractivity contribution in [3.8, 4) is 5.75 Å². The number of hydrogen-bond acceptors (Lipinski definition) is 6. The number of aromatic nitrogens is 2. The molecule has 0 aliphatic carbocycles. The van der Waals surface area contributed by atoms with Crippen LogP contribution in [-0.2, 0) is 15.5 Å². The standard InChI is InChI=1S/C23H27F3N5O3P/c1-4-27-18-12-20(30-22-21(18)16(13-28-22)23(24,25)26)29-17-6-5-15(11-19(17)34-3)35(33)9-7-31(8-10-35)14(2)32/h5-6,11-13H,4,7-10H2,1-3H3,(H3,27,28,29,30). The average molecular weight is 509 g/mol. The predicted molar refractivity (Wildman–Crippen MR) is 131 cm³/mol. The molecule has 4 rings (SSSR count). The van der Waals surface area contributed by atoms with Gasteiger partial charge < -0.3 is 29.8 Å². The highest BCUT2D eigenvalue weighted by molar-refractivity contribution is 7.71. The minimum Gasteiger partial charge on any atom is -0.495 e. The van der Waals surface area contributed by atoms with E-state index in [0.717, 1.165) is 6.20 Å². The second-order valence-electron chi connectivity index (χ2n) is 8.36. The third kappa shape index (κ3) is 4.96. The van der Waals surface area contributed by atoms with Crippen molar-refractivity contribution in [2.24, 2.45) is 0 Å². The number of fused-ring (bicyclic) bond motifs is 1. The molecule has 3 N–H and O–H groups in total. The Labute approximate surface area is 200 Å². The Morgan fingerprint density at radius 3 is 2.54 bits per heavy atom. The lowest BCUT2D eigenvalue weighted by Crippen LogP contribution is -2.39. The number of nitrogens with zero attached hydrogens (tertiary/aromatic N) is 2. The second kappa shape index (κ2) is 9.45. The lowest BCUT2D eigenvalue weighted by atomic mass is 10.1. The number of carbonyl (C=O) groups is 1. The maximum atomic E-state index is 13.6. The number of rotatable bonds is 6. The Balaban J connectivity index is 1.65. The average Bonchev–Trinajstić information content (AvgIpc) is 3.25. The fourth-order valence-electron chi connectivity index (χ4n) is 4.29. The first-order chi connectivity index (χ1) is 16.6. The lowest BCUT2D eigenvalue weighted by molar-refractivity contribution is -0.136. The van der Waals surface area contributed by atoms with E-state index in [0.29, 0.717) is 60.2 Å². The van der Waals surface area contributed by atoms with E-state index >= 15 is 0 Å². The molecule has 3 aromatic rings. The number of pyridine rings is 1. The molecule has 188 valence electrons. The number of amides is 1. The van der Waals surface area contributed by atoms with Gasteiger partial charge >= 0.3 is 6.18 Å². The zero-order chi connectivity index (χ0) is 25.4. The van der Waals surface area contributed by atoms with Gasteiger partial charge in [0.2, 0.25) is 5.91 Å². The van der Waals surface area contributed by atoms with Gasteiger partial charge in [0.1, 0.15) is 24.4 Å². The number of hydrogen-bond donors (Lipinski definition) is 3. The van der Waals surface area contributed by atoms with Crippen molar-refractivity contribution in [2.45, 2.75) is 20.0 Å². The van der Waals surface area contributed by atoms with E-state index in [2.05, 4.69) is 20.6 Å². The van der Waals surface area contributed by atoms with Gasteiger partial charge in [-0.1, -0.05) is 0 Å². The van der Waals surface area contributed by atoms with Gasteiger partial charge in [0, 0.05) is 62.1 Å². The largest absolute Gasteiger partial charge is 0.495 e. The molecule has 0 spiro atoms. The van der Waals surface area contributed by atoms with Crippen LogP contribution in [0.25, 0.3) is 11.0 Å². The number of nitrogens with one attached hydrogen (secondary N) is 3. The molecule has 1 aromatic carbocycles. The summed E-state index contributed by atoms with van der Waals surface area (Å²) in [6.07, 6.45) is -2.80. The van der Waals surface area contributed by atoms with Crippen molar-refractivity contribution in [3.63, 3.8) is 0 Å². The van der Waals surface area contributed by atoms with Crippen LogP contribution in [0.15, 0.2) is 30.5 Å². The smallest absolute Gasteiger partial charge is 0.418 e. The monoisotopic (exact) mass is 509 g/mol. The molecule has 1 amide bonds. The quantitative estimate of drug-likeness (QED) is 0.420. The summed E-state index contributed by atoms with van der Waals surface area (Å²) >= 11 is 0. The van der Waals surface area contributed by atoms with Crippen LogP contribution in [0.2, 0.25) is 0 Å². The molecule has 0 bridgehead atoms. The maximum absolute atomic E-state index is 13.6. The maximum Gasteiger partial charge on any atom is 0.418 e. The first-order valence-corrected chi connectivity index (χ1v) is 13.3. The number of aromatic amines is 1. The van der Waals surface area contributed by atoms with E-state index in [4.69, 9.17) is 4.74 Å². The van der Waals surface area contributed by atoms with Crippen molar-refractivity contribution >= 4 is 46.6 Å². The highest BCUT2D eigenvalue weighted by Gasteiger charge is 2.35. The molecule has 35 heavy (non-hydrogen) atoms. The number of alkyl halides is 3. The van der Waals surface area contributed by atoms with E-state index in [1.54, 1.807) is 30.0 Å². The summed E-state index contributed by atoms with van der Waals surface area (Å²) in [6, 6.07) is 6.71. The first-order valence-electron chi connectivity index (χ1n) is 11.2. The summed E-state index contributed by atoms with van der Waals surface area (Å²) in [5.74, 6) is 0.719. The Hall–Kier alpha value is -3.20. The van der Waals surface area contributed by atoms with Crippen LogP contribution in [0.3, 0.4) is 0 Å². The molecule has 1 fully saturated rings.